The minimum atomic E-state index is -5.42. The molecule has 20 heteroatoms. The Labute approximate surface area is 392 Å². The van der Waals surface area contributed by atoms with Crippen LogP contribution in [0.15, 0.2) is 29.2 Å². The van der Waals surface area contributed by atoms with Gasteiger partial charge in [-0.1, -0.05) is 154 Å². The summed E-state index contributed by atoms with van der Waals surface area (Å²) in [5, 5.41) is 20.9. The van der Waals surface area contributed by atoms with Crippen molar-refractivity contribution in [1.82, 2.24) is 9.55 Å². The molecule has 7 atom stereocenters. The van der Waals surface area contributed by atoms with Crippen molar-refractivity contribution in [3.8, 4) is 0 Å². The van der Waals surface area contributed by atoms with E-state index in [0.29, 0.717) is 12.8 Å². The molecule has 0 aromatic carbocycles. The van der Waals surface area contributed by atoms with Crippen molar-refractivity contribution in [2.75, 3.05) is 25.6 Å². The molecule has 382 valence electrons. The molecule has 0 aliphatic carbocycles. The highest BCUT2D eigenvalue weighted by molar-refractivity contribution is 7.61. The Balaban J connectivity index is 1.81. The van der Waals surface area contributed by atoms with E-state index in [0.717, 1.165) is 68.8 Å². The first kappa shape index (κ1) is 59.6. The Morgan fingerprint density at radius 2 is 1.18 bits per heavy atom. The van der Waals surface area contributed by atoms with Crippen LogP contribution in [0, 0.1) is 0 Å². The van der Waals surface area contributed by atoms with E-state index in [9.17, 15) is 43.5 Å². The fraction of sp³-hybridized carbons (Fsp3) is 0.826. The van der Waals surface area contributed by atoms with Crippen LogP contribution >= 0.6 is 15.6 Å². The van der Waals surface area contributed by atoms with Gasteiger partial charge in [0.25, 0.3) is 0 Å². The van der Waals surface area contributed by atoms with Gasteiger partial charge in [0.15, 0.2) is 12.3 Å². The third-order valence-electron chi connectivity index (χ3n) is 11.4. The zero-order valence-electron chi connectivity index (χ0n) is 39.8. The monoisotopic (exact) mass is 980 g/mol. The summed E-state index contributed by atoms with van der Waals surface area (Å²) in [7, 11) is -10.8. The van der Waals surface area contributed by atoms with Gasteiger partial charge in [0.2, 0.25) is 0 Å². The van der Waals surface area contributed by atoms with Crippen LogP contribution in [-0.4, -0.2) is 85.7 Å². The van der Waals surface area contributed by atoms with E-state index in [2.05, 4.69) is 35.3 Å². The lowest BCUT2D eigenvalue weighted by Crippen LogP contribution is -2.36. The highest BCUT2D eigenvalue weighted by atomic mass is 31.3. The average molecular weight is 980 g/mol. The molecule has 18 nitrogen and oxygen atoms in total. The van der Waals surface area contributed by atoms with Gasteiger partial charge in [0, 0.05) is 19.0 Å². The minimum Gasteiger partial charge on any atom is -0.462 e. The number of anilines is 1. The quantitative estimate of drug-likeness (QED) is 0.0177. The third kappa shape index (κ3) is 28.1. The van der Waals surface area contributed by atoms with Crippen LogP contribution in [0.25, 0.3) is 0 Å². The molecule has 1 aromatic rings. The number of carbonyl (C=O) groups is 2. The maximum atomic E-state index is 12.8. The summed E-state index contributed by atoms with van der Waals surface area (Å²) in [5.41, 5.74) is 4.59. The smallest absolute Gasteiger partial charge is 0.462 e. The highest BCUT2D eigenvalue weighted by Gasteiger charge is 2.46. The molecule has 0 amide bonds. The number of aliphatic hydroxyl groups is 2. The number of rotatable bonds is 41. The van der Waals surface area contributed by atoms with Gasteiger partial charge in [-0.2, -0.15) is 9.29 Å². The molecule has 6 N–H and O–H groups in total. The number of ether oxygens (including phenoxy) is 3. The van der Waals surface area contributed by atoms with Crippen molar-refractivity contribution in [1.29, 1.82) is 0 Å². The summed E-state index contributed by atoms with van der Waals surface area (Å²) >= 11 is 0. The standard InChI is InChI=1S/C46H83N3O15P2/c1-3-5-7-9-11-13-15-17-18-20-21-23-25-27-29-31-41(50)59-35-38(62-42(51)32-30-28-26-24-22-19-16-14-12-10-8-6-4-2)36-60-65(55,56)64-66(57,58)61-37-39-43(52)44(53)45(63-39)49-34-33-40(47)48-46(49)54/h17-18,33-34,38-39,43-45,52-53H,3-16,19-32,35-37H2,1-2H3,(H,55,56)(H,57,58)(H2,47,48,54)/t38-,39-,43+,44?,45-/m1/s1. The summed E-state index contributed by atoms with van der Waals surface area (Å²) in [5.74, 6) is -1.29. The molecule has 0 bridgehead atoms. The van der Waals surface area contributed by atoms with E-state index in [1.54, 1.807) is 0 Å². The van der Waals surface area contributed by atoms with Crippen LogP contribution in [0.2, 0.25) is 0 Å². The van der Waals surface area contributed by atoms with Gasteiger partial charge in [-0.25, -0.2) is 13.9 Å². The number of unbranched alkanes of at least 4 members (excludes halogenated alkanes) is 23. The number of aromatic nitrogens is 2. The first-order valence-corrected chi connectivity index (χ1v) is 27.7. The van der Waals surface area contributed by atoms with Crippen molar-refractivity contribution in [2.45, 2.75) is 224 Å². The van der Waals surface area contributed by atoms with Gasteiger partial charge in [0.1, 0.15) is 30.7 Å². The second-order valence-corrected chi connectivity index (χ2v) is 20.4. The van der Waals surface area contributed by atoms with Gasteiger partial charge in [-0.05, 0) is 44.6 Å². The van der Waals surface area contributed by atoms with Crippen LogP contribution in [0.4, 0.5) is 5.82 Å². The molecule has 1 aliphatic heterocycles. The molecule has 1 aliphatic rings. The predicted octanol–water partition coefficient (Wildman–Crippen LogP) is 9.67. The molecule has 0 radical (unpaired) electrons. The van der Waals surface area contributed by atoms with Crippen LogP contribution in [0.5, 0.6) is 0 Å². The Morgan fingerprint density at radius 1 is 0.712 bits per heavy atom. The maximum Gasteiger partial charge on any atom is 0.481 e. The van der Waals surface area contributed by atoms with Crippen LogP contribution in [-0.2, 0) is 46.3 Å². The number of hydrogen-bond donors (Lipinski definition) is 5. The predicted molar refractivity (Wildman–Crippen MR) is 252 cm³/mol. The minimum absolute atomic E-state index is 0.0538. The second kappa shape index (κ2) is 35.6. The molecular formula is C46H83N3O15P2. The number of nitrogen functional groups attached to an aromatic ring is 1. The van der Waals surface area contributed by atoms with Gasteiger partial charge in [0.05, 0.1) is 13.2 Å². The summed E-state index contributed by atoms with van der Waals surface area (Å²) in [6.07, 6.45) is 27.2. The fourth-order valence-corrected chi connectivity index (χ4v) is 9.60. The lowest BCUT2D eigenvalue weighted by Gasteiger charge is -2.21. The van der Waals surface area contributed by atoms with E-state index < -0.39 is 83.7 Å². The lowest BCUT2D eigenvalue weighted by atomic mass is 10.0. The van der Waals surface area contributed by atoms with E-state index >= 15 is 0 Å². The largest absolute Gasteiger partial charge is 0.481 e. The van der Waals surface area contributed by atoms with E-state index in [4.69, 9.17) is 29.0 Å². The number of esters is 2. The van der Waals surface area contributed by atoms with Crippen LogP contribution in [0.3, 0.4) is 0 Å². The van der Waals surface area contributed by atoms with Crippen molar-refractivity contribution < 1.29 is 66.3 Å². The molecular weight excluding hydrogens is 896 g/mol. The lowest BCUT2D eigenvalue weighted by molar-refractivity contribution is -0.161. The highest BCUT2D eigenvalue weighted by Crippen LogP contribution is 2.60. The SMILES string of the molecule is CCCCCCCCC=CCCCCCCCC(=O)OC[C@H](COP(=O)(O)OP(=O)(O)OC[C@H]1O[C@@H](n2ccc(N)nc2=O)C(O)[C@H]1O)OC(=O)CCCCCCCCCCCCCCC. The van der Waals surface area contributed by atoms with Gasteiger partial charge in [-0.15, -0.1) is 0 Å². The topological polar surface area (TPSA) is 265 Å². The Morgan fingerprint density at radius 3 is 1.70 bits per heavy atom. The molecule has 3 unspecified atom stereocenters. The van der Waals surface area contributed by atoms with Crippen LogP contribution in [0.1, 0.15) is 200 Å². The molecule has 0 saturated carbocycles. The number of hydrogen-bond acceptors (Lipinski definition) is 15. The number of nitrogens with zero attached hydrogens (tertiary/aromatic N) is 2. The Bertz CT molecular complexity index is 1650. The van der Waals surface area contributed by atoms with Crippen molar-refractivity contribution in [3.63, 3.8) is 0 Å². The summed E-state index contributed by atoms with van der Waals surface area (Å²) in [6.45, 7) is 2.15. The number of carbonyl (C=O) groups excluding carboxylic acids is 2. The molecule has 2 rings (SSSR count). The molecule has 1 saturated heterocycles. The van der Waals surface area contributed by atoms with E-state index in [1.807, 2.05) is 0 Å². The molecule has 2 heterocycles. The Kier molecular flexibility index (Phi) is 32.2. The summed E-state index contributed by atoms with van der Waals surface area (Å²) in [4.78, 5) is 61.8. The van der Waals surface area contributed by atoms with E-state index in [1.165, 1.54) is 102 Å². The zero-order chi connectivity index (χ0) is 48.5. The summed E-state index contributed by atoms with van der Waals surface area (Å²) < 4.78 is 56.7. The van der Waals surface area contributed by atoms with Crippen LogP contribution < -0.4 is 11.4 Å². The van der Waals surface area contributed by atoms with Gasteiger partial charge in [-0.3, -0.25) is 23.2 Å². The molecule has 1 aromatic heterocycles. The normalized spacial score (nSPS) is 19.7. The second-order valence-electron chi connectivity index (χ2n) is 17.3. The third-order valence-corrected chi connectivity index (χ3v) is 14.0. The number of allylic oxidation sites excluding steroid dienone is 2. The number of phosphoric ester groups is 2. The maximum absolute atomic E-state index is 12.8. The Hall–Kier alpha value is -2.50. The number of nitrogens with two attached hydrogens (primary N) is 1. The zero-order valence-corrected chi connectivity index (χ0v) is 41.6. The first-order valence-electron chi connectivity index (χ1n) is 24.7. The molecule has 66 heavy (non-hydrogen) atoms. The van der Waals surface area contributed by atoms with Crippen molar-refractivity contribution >= 4 is 33.4 Å². The number of aliphatic hydroxyl groups excluding tert-OH is 2. The van der Waals surface area contributed by atoms with Gasteiger partial charge >= 0.3 is 33.3 Å². The fourth-order valence-electron chi connectivity index (χ4n) is 7.48. The first-order chi connectivity index (χ1) is 31.7. The van der Waals surface area contributed by atoms with Crippen molar-refractivity contribution in [3.05, 3.63) is 34.9 Å². The van der Waals surface area contributed by atoms with Crippen molar-refractivity contribution in [2.24, 2.45) is 0 Å². The van der Waals surface area contributed by atoms with Gasteiger partial charge < -0.3 is 39.9 Å². The summed E-state index contributed by atoms with van der Waals surface area (Å²) in [6, 6.07) is 1.25. The number of phosphoric acid groups is 2. The molecule has 1 fully saturated rings. The molecule has 0 spiro atoms. The average Bonchev–Trinajstić information content (AvgIpc) is 3.55. The van der Waals surface area contributed by atoms with E-state index in [-0.39, 0.29) is 18.7 Å².